The fourth-order valence-corrected chi connectivity index (χ4v) is 3.61. The summed E-state index contributed by atoms with van der Waals surface area (Å²) >= 11 is 0.830. The molecule has 0 bridgehead atoms. The average molecular weight is 410 g/mol. The Morgan fingerprint density at radius 3 is 2.55 bits per heavy atom. The summed E-state index contributed by atoms with van der Waals surface area (Å²) in [5.41, 5.74) is 2.40. The van der Waals surface area contributed by atoms with E-state index in [-0.39, 0.29) is 17.6 Å². The zero-order valence-corrected chi connectivity index (χ0v) is 17.3. The summed E-state index contributed by atoms with van der Waals surface area (Å²) in [6, 6.07) is 14.6. The van der Waals surface area contributed by atoms with E-state index in [0.29, 0.717) is 5.69 Å². The lowest BCUT2D eigenvalue weighted by Gasteiger charge is -2.12. The first-order valence-electron chi connectivity index (χ1n) is 9.20. The van der Waals surface area contributed by atoms with Gasteiger partial charge in [-0.2, -0.15) is 0 Å². The molecule has 0 spiro atoms. The predicted octanol–water partition coefficient (Wildman–Crippen LogP) is 4.46. The molecule has 6 nitrogen and oxygen atoms in total. The summed E-state index contributed by atoms with van der Waals surface area (Å²) in [7, 11) is 0. The normalized spacial score (nSPS) is 15.3. The third-order valence-corrected chi connectivity index (χ3v) is 4.93. The standard InChI is InChI=1S/C22H22N2O4S/c1-14(2)28-18-9-7-16(8-10-18)12-19-21(26)24(22(27)29-19)13-20(25)23-17-6-4-5-15(3)11-17/h4-12,14H,13H2,1-3H3,(H,23,25). The van der Waals surface area contributed by atoms with Gasteiger partial charge in [0.25, 0.3) is 11.1 Å². The Hall–Kier alpha value is -3.06. The minimum Gasteiger partial charge on any atom is -0.491 e. The Balaban J connectivity index is 1.65. The highest BCUT2D eigenvalue weighted by Crippen LogP contribution is 2.32. The van der Waals surface area contributed by atoms with Crippen molar-refractivity contribution in [3.05, 3.63) is 64.6 Å². The van der Waals surface area contributed by atoms with E-state index < -0.39 is 17.1 Å². The van der Waals surface area contributed by atoms with Crippen molar-refractivity contribution in [2.24, 2.45) is 0 Å². The van der Waals surface area contributed by atoms with Crippen LogP contribution in [0.2, 0.25) is 0 Å². The zero-order valence-electron chi connectivity index (χ0n) is 16.5. The van der Waals surface area contributed by atoms with Crippen LogP contribution in [0.1, 0.15) is 25.0 Å². The summed E-state index contributed by atoms with van der Waals surface area (Å²) < 4.78 is 5.59. The van der Waals surface area contributed by atoms with Crippen LogP contribution in [-0.4, -0.2) is 34.6 Å². The number of carbonyl (C=O) groups excluding carboxylic acids is 3. The van der Waals surface area contributed by atoms with Gasteiger partial charge in [0.15, 0.2) is 0 Å². The van der Waals surface area contributed by atoms with Crippen LogP contribution in [0.5, 0.6) is 5.75 Å². The lowest BCUT2D eigenvalue weighted by Crippen LogP contribution is -2.36. The van der Waals surface area contributed by atoms with Gasteiger partial charge in [-0.15, -0.1) is 0 Å². The SMILES string of the molecule is Cc1cccc(NC(=O)CN2C(=O)SC(=Cc3ccc(OC(C)C)cc3)C2=O)c1. The summed E-state index contributed by atoms with van der Waals surface area (Å²) in [6.45, 7) is 5.48. The third-order valence-electron chi connectivity index (χ3n) is 4.03. The Morgan fingerprint density at radius 2 is 1.90 bits per heavy atom. The van der Waals surface area contributed by atoms with Crippen molar-refractivity contribution in [1.29, 1.82) is 0 Å². The first-order chi connectivity index (χ1) is 13.8. The molecule has 150 valence electrons. The first kappa shape index (κ1) is 20.7. The summed E-state index contributed by atoms with van der Waals surface area (Å²) in [6.07, 6.45) is 1.71. The fraction of sp³-hybridized carbons (Fsp3) is 0.227. The van der Waals surface area contributed by atoms with E-state index in [1.54, 1.807) is 12.1 Å². The number of nitrogens with one attached hydrogen (secondary N) is 1. The van der Waals surface area contributed by atoms with Gasteiger partial charge >= 0.3 is 0 Å². The molecule has 3 amide bonds. The van der Waals surface area contributed by atoms with E-state index >= 15 is 0 Å². The number of aryl methyl sites for hydroxylation is 1. The lowest BCUT2D eigenvalue weighted by atomic mass is 10.2. The van der Waals surface area contributed by atoms with E-state index in [1.165, 1.54) is 0 Å². The monoisotopic (exact) mass is 410 g/mol. The molecule has 1 saturated heterocycles. The maximum absolute atomic E-state index is 12.6. The molecule has 0 unspecified atom stereocenters. The van der Waals surface area contributed by atoms with Gasteiger partial charge in [0.2, 0.25) is 5.91 Å². The number of carbonyl (C=O) groups is 3. The second kappa shape index (κ2) is 8.96. The molecule has 0 radical (unpaired) electrons. The number of thioether (sulfide) groups is 1. The van der Waals surface area contributed by atoms with Gasteiger partial charge in [-0.3, -0.25) is 19.3 Å². The Morgan fingerprint density at radius 1 is 1.17 bits per heavy atom. The van der Waals surface area contributed by atoms with Crippen LogP contribution in [0.25, 0.3) is 6.08 Å². The van der Waals surface area contributed by atoms with E-state index in [0.717, 1.165) is 33.5 Å². The van der Waals surface area contributed by atoms with E-state index in [4.69, 9.17) is 4.74 Å². The van der Waals surface area contributed by atoms with Crippen LogP contribution in [0.3, 0.4) is 0 Å². The molecule has 0 aromatic heterocycles. The van der Waals surface area contributed by atoms with Crippen molar-refractivity contribution in [1.82, 2.24) is 4.90 Å². The molecular formula is C22H22N2O4S. The molecule has 1 aliphatic rings. The second-order valence-corrected chi connectivity index (χ2v) is 7.91. The number of benzene rings is 2. The maximum Gasteiger partial charge on any atom is 0.294 e. The molecule has 2 aromatic rings. The summed E-state index contributed by atoms with van der Waals surface area (Å²) in [4.78, 5) is 38.3. The van der Waals surface area contributed by atoms with Gasteiger partial charge in [0, 0.05) is 5.69 Å². The molecule has 2 aromatic carbocycles. The molecule has 0 aliphatic carbocycles. The van der Waals surface area contributed by atoms with Crippen molar-refractivity contribution in [2.75, 3.05) is 11.9 Å². The van der Waals surface area contributed by atoms with Crippen LogP contribution >= 0.6 is 11.8 Å². The lowest BCUT2D eigenvalue weighted by molar-refractivity contribution is -0.127. The minimum atomic E-state index is -0.470. The molecule has 7 heteroatoms. The number of nitrogens with zero attached hydrogens (tertiary/aromatic N) is 1. The number of hydrogen-bond donors (Lipinski definition) is 1. The number of amides is 3. The van der Waals surface area contributed by atoms with Crippen LogP contribution in [0, 0.1) is 6.92 Å². The van der Waals surface area contributed by atoms with Crippen LogP contribution in [0.4, 0.5) is 10.5 Å². The summed E-state index contributed by atoms with van der Waals surface area (Å²) in [5.74, 6) is -0.158. The smallest absolute Gasteiger partial charge is 0.294 e. The van der Waals surface area contributed by atoms with Crippen molar-refractivity contribution < 1.29 is 19.1 Å². The largest absolute Gasteiger partial charge is 0.491 e. The van der Waals surface area contributed by atoms with Gasteiger partial charge < -0.3 is 10.1 Å². The minimum absolute atomic E-state index is 0.0725. The second-order valence-electron chi connectivity index (χ2n) is 6.92. The third kappa shape index (κ3) is 5.48. The van der Waals surface area contributed by atoms with Crippen LogP contribution in [-0.2, 0) is 9.59 Å². The highest BCUT2D eigenvalue weighted by molar-refractivity contribution is 8.18. The van der Waals surface area contributed by atoms with E-state index in [1.807, 2.05) is 63.2 Å². The Bertz CT molecular complexity index is 967. The number of hydrogen-bond acceptors (Lipinski definition) is 5. The van der Waals surface area contributed by atoms with Gasteiger partial charge in [-0.25, -0.2) is 0 Å². The highest BCUT2D eigenvalue weighted by Gasteiger charge is 2.36. The van der Waals surface area contributed by atoms with Gasteiger partial charge in [0.1, 0.15) is 12.3 Å². The highest BCUT2D eigenvalue weighted by atomic mass is 32.2. The molecule has 1 aliphatic heterocycles. The molecule has 1 heterocycles. The quantitative estimate of drug-likeness (QED) is 0.712. The molecule has 3 rings (SSSR count). The topological polar surface area (TPSA) is 75.7 Å². The van der Waals surface area contributed by atoms with Gasteiger partial charge in [-0.1, -0.05) is 24.3 Å². The number of ether oxygens (including phenoxy) is 1. The average Bonchev–Trinajstić information content (AvgIpc) is 2.90. The van der Waals surface area contributed by atoms with Crippen LogP contribution < -0.4 is 10.1 Å². The van der Waals surface area contributed by atoms with E-state index in [2.05, 4.69) is 5.32 Å². The first-order valence-corrected chi connectivity index (χ1v) is 10.0. The molecular weight excluding hydrogens is 388 g/mol. The molecule has 1 fully saturated rings. The van der Waals surface area contributed by atoms with Crippen molar-refractivity contribution in [3.8, 4) is 5.75 Å². The van der Waals surface area contributed by atoms with Crippen molar-refractivity contribution >= 4 is 40.6 Å². The number of rotatable bonds is 6. The zero-order chi connectivity index (χ0) is 21.0. The fourth-order valence-electron chi connectivity index (χ4n) is 2.77. The Labute approximate surface area is 173 Å². The van der Waals surface area contributed by atoms with Crippen LogP contribution in [0.15, 0.2) is 53.4 Å². The number of anilines is 1. The predicted molar refractivity (Wildman–Crippen MR) is 115 cm³/mol. The molecule has 0 saturated carbocycles. The van der Waals surface area contributed by atoms with E-state index in [9.17, 15) is 14.4 Å². The molecule has 0 atom stereocenters. The maximum atomic E-state index is 12.6. The van der Waals surface area contributed by atoms with Crippen molar-refractivity contribution in [2.45, 2.75) is 26.9 Å². The van der Waals surface area contributed by atoms with Crippen molar-refractivity contribution in [3.63, 3.8) is 0 Å². The molecule has 29 heavy (non-hydrogen) atoms. The molecule has 1 N–H and O–H groups in total. The van der Waals surface area contributed by atoms with Gasteiger partial charge in [0.05, 0.1) is 11.0 Å². The number of imide groups is 1. The Kier molecular flexibility index (Phi) is 6.39. The van der Waals surface area contributed by atoms with Gasteiger partial charge in [-0.05, 0) is 74.0 Å². The summed E-state index contributed by atoms with van der Waals surface area (Å²) in [5, 5.41) is 2.25.